The van der Waals surface area contributed by atoms with Crippen LogP contribution in [0.25, 0.3) is 0 Å². The zero-order chi connectivity index (χ0) is 17.0. The minimum atomic E-state index is -0.216. The minimum absolute atomic E-state index is 0.0218. The van der Waals surface area contributed by atoms with Gasteiger partial charge in [-0.15, -0.1) is 0 Å². The fraction of sp³-hybridized carbons (Fsp3) is 0.632. The molecular weight excluding hydrogens is 318 g/mol. The summed E-state index contributed by atoms with van der Waals surface area (Å²) in [5.74, 6) is 3.04. The molecule has 4 bridgehead atoms. The fourth-order valence-corrected chi connectivity index (χ4v) is 5.94. The van der Waals surface area contributed by atoms with Gasteiger partial charge in [0.25, 0.3) is 5.91 Å². The summed E-state index contributed by atoms with van der Waals surface area (Å²) in [6.45, 7) is -0.0166. The summed E-state index contributed by atoms with van der Waals surface area (Å²) < 4.78 is 5.40. The third-order valence-electron chi connectivity index (χ3n) is 6.40. The Morgan fingerprint density at radius 3 is 2.60 bits per heavy atom. The van der Waals surface area contributed by atoms with Crippen LogP contribution in [-0.4, -0.2) is 35.5 Å². The van der Waals surface area contributed by atoms with Crippen molar-refractivity contribution in [3.63, 3.8) is 0 Å². The Bertz CT molecular complexity index is 697. The van der Waals surface area contributed by atoms with Gasteiger partial charge in [0.2, 0.25) is 5.91 Å². The Kier molecular flexibility index (Phi) is 3.30. The van der Waals surface area contributed by atoms with E-state index in [9.17, 15) is 9.59 Å². The number of hydrogen-bond donors (Lipinski definition) is 1. The quantitative estimate of drug-likeness (QED) is 0.911. The first-order valence-electron chi connectivity index (χ1n) is 9.29. The van der Waals surface area contributed by atoms with E-state index in [0.717, 1.165) is 37.0 Å². The van der Waals surface area contributed by atoms with Crippen LogP contribution in [0.4, 0.5) is 5.82 Å². The number of anilines is 1. The Morgan fingerprint density at radius 1 is 1.24 bits per heavy atom. The summed E-state index contributed by atoms with van der Waals surface area (Å²) in [5.41, 5.74) is -0.0336. The van der Waals surface area contributed by atoms with Gasteiger partial charge in [-0.25, -0.2) is 4.98 Å². The average molecular weight is 341 g/mol. The van der Waals surface area contributed by atoms with Crippen molar-refractivity contribution >= 4 is 17.6 Å². The van der Waals surface area contributed by atoms with Crippen molar-refractivity contribution in [3.05, 3.63) is 18.3 Å². The van der Waals surface area contributed by atoms with Crippen molar-refractivity contribution < 1.29 is 14.3 Å². The molecule has 0 saturated heterocycles. The Morgan fingerprint density at radius 2 is 1.92 bits per heavy atom. The van der Waals surface area contributed by atoms with E-state index in [0.29, 0.717) is 11.6 Å². The van der Waals surface area contributed by atoms with Crippen LogP contribution in [0, 0.1) is 17.8 Å². The van der Waals surface area contributed by atoms with E-state index < -0.39 is 0 Å². The van der Waals surface area contributed by atoms with Crippen LogP contribution in [0.3, 0.4) is 0 Å². The second-order valence-electron chi connectivity index (χ2n) is 8.34. The normalized spacial score (nSPS) is 35.3. The highest BCUT2D eigenvalue weighted by molar-refractivity contribution is 6.01. The number of hydrogen-bond acceptors (Lipinski definition) is 4. The SMILES string of the molecule is O=C(CN1C(=O)COc2cccnc21)NC12CC3CC(CC(C3)C1)C2. The molecule has 4 aliphatic carbocycles. The molecule has 6 heteroatoms. The zero-order valence-corrected chi connectivity index (χ0v) is 14.2. The highest BCUT2D eigenvalue weighted by Gasteiger charge is 2.51. The molecule has 1 aromatic rings. The Balaban J connectivity index is 1.32. The maximum Gasteiger partial charge on any atom is 0.266 e. The van der Waals surface area contributed by atoms with Crippen molar-refractivity contribution in [2.75, 3.05) is 18.1 Å². The van der Waals surface area contributed by atoms with Crippen molar-refractivity contribution in [1.29, 1.82) is 0 Å². The minimum Gasteiger partial charge on any atom is -0.480 e. The van der Waals surface area contributed by atoms with Crippen molar-refractivity contribution in [3.8, 4) is 5.75 Å². The first-order chi connectivity index (χ1) is 12.1. The van der Waals surface area contributed by atoms with E-state index in [2.05, 4.69) is 10.3 Å². The summed E-state index contributed by atoms with van der Waals surface area (Å²) >= 11 is 0. The third-order valence-corrected chi connectivity index (χ3v) is 6.40. The van der Waals surface area contributed by atoms with Gasteiger partial charge in [-0.05, 0) is 68.4 Å². The van der Waals surface area contributed by atoms with Gasteiger partial charge in [-0.2, -0.15) is 0 Å². The van der Waals surface area contributed by atoms with Crippen LogP contribution in [-0.2, 0) is 9.59 Å². The molecule has 1 aromatic heterocycles. The largest absolute Gasteiger partial charge is 0.480 e. The van der Waals surface area contributed by atoms with Crippen LogP contribution in [0.1, 0.15) is 38.5 Å². The molecule has 25 heavy (non-hydrogen) atoms. The lowest BCUT2D eigenvalue weighted by Crippen LogP contribution is -2.61. The van der Waals surface area contributed by atoms with Crippen LogP contribution in [0.5, 0.6) is 5.75 Å². The number of carbonyl (C=O) groups is 2. The number of nitrogens with one attached hydrogen (secondary N) is 1. The second-order valence-corrected chi connectivity index (χ2v) is 8.34. The summed E-state index contributed by atoms with van der Waals surface area (Å²) in [4.78, 5) is 30.7. The molecule has 0 aromatic carbocycles. The number of pyridine rings is 1. The second kappa shape index (κ2) is 5.44. The standard InChI is InChI=1S/C19H23N3O3/c23-16(10-22-17(24)11-25-15-2-1-3-20-18(15)22)21-19-7-12-4-13(8-19)6-14(5-12)9-19/h1-3,12-14H,4-11H2,(H,21,23). The molecule has 5 aliphatic rings. The van der Waals surface area contributed by atoms with E-state index in [4.69, 9.17) is 4.74 Å². The van der Waals surface area contributed by atoms with Crippen molar-refractivity contribution in [2.24, 2.45) is 17.8 Å². The van der Waals surface area contributed by atoms with Gasteiger partial charge in [0.05, 0.1) is 0 Å². The molecule has 1 N–H and O–H groups in total. The zero-order valence-electron chi connectivity index (χ0n) is 14.2. The van der Waals surface area contributed by atoms with E-state index >= 15 is 0 Å². The summed E-state index contributed by atoms with van der Waals surface area (Å²) in [7, 11) is 0. The van der Waals surface area contributed by atoms with E-state index in [1.54, 1.807) is 18.3 Å². The number of fused-ring (bicyclic) bond motifs is 1. The number of carbonyl (C=O) groups excluding carboxylic acids is 2. The molecule has 2 amide bonds. The molecule has 0 spiro atoms. The van der Waals surface area contributed by atoms with Gasteiger partial charge >= 0.3 is 0 Å². The highest BCUT2D eigenvalue weighted by Crippen LogP contribution is 2.55. The summed E-state index contributed by atoms with van der Waals surface area (Å²) in [6, 6.07) is 3.54. The molecule has 1 aliphatic heterocycles. The number of amides is 2. The fourth-order valence-electron chi connectivity index (χ4n) is 5.94. The van der Waals surface area contributed by atoms with E-state index in [-0.39, 0.29) is 30.5 Å². The molecule has 132 valence electrons. The Hall–Kier alpha value is -2.11. The number of rotatable bonds is 3. The van der Waals surface area contributed by atoms with Crippen molar-refractivity contribution in [2.45, 2.75) is 44.1 Å². The average Bonchev–Trinajstić information content (AvgIpc) is 2.56. The number of ether oxygens (including phenoxy) is 1. The van der Waals surface area contributed by atoms with Crippen LogP contribution < -0.4 is 15.0 Å². The molecular formula is C19H23N3O3. The molecule has 4 fully saturated rings. The predicted octanol–water partition coefficient (Wildman–Crippen LogP) is 1.89. The summed E-state index contributed by atoms with van der Waals surface area (Å²) in [6.07, 6.45) is 8.96. The monoisotopic (exact) mass is 341 g/mol. The van der Waals surface area contributed by atoms with E-state index in [1.807, 2.05) is 0 Å². The van der Waals surface area contributed by atoms with Gasteiger partial charge < -0.3 is 10.1 Å². The lowest BCUT2D eigenvalue weighted by atomic mass is 9.53. The maximum absolute atomic E-state index is 12.8. The number of nitrogens with zero attached hydrogens (tertiary/aromatic N) is 2. The molecule has 0 unspecified atom stereocenters. The summed E-state index contributed by atoms with van der Waals surface area (Å²) in [5, 5.41) is 3.32. The lowest BCUT2D eigenvalue weighted by Gasteiger charge is -2.57. The first kappa shape index (κ1) is 15.2. The lowest BCUT2D eigenvalue weighted by molar-refractivity contribution is -0.128. The van der Waals surface area contributed by atoms with Crippen LogP contribution in [0.15, 0.2) is 18.3 Å². The van der Waals surface area contributed by atoms with Crippen LogP contribution in [0.2, 0.25) is 0 Å². The molecule has 2 heterocycles. The molecule has 6 nitrogen and oxygen atoms in total. The third kappa shape index (κ3) is 2.58. The van der Waals surface area contributed by atoms with Gasteiger partial charge in [0, 0.05) is 11.7 Å². The topological polar surface area (TPSA) is 71.5 Å². The van der Waals surface area contributed by atoms with Crippen LogP contribution >= 0.6 is 0 Å². The van der Waals surface area contributed by atoms with Gasteiger partial charge in [-0.3, -0.25) is 14.5 Å². The molecule has 4 saturated carbocycles. The molecule has 0 atom stereocenters. The maximum atomic E-state index is 12.8. The van der Waals surface area contributed by atoms with Gasteiger partial charge in [0.1, 0.15) is 6.54 Å². The number of aromatic nitrogens is 1. The van der Waals surface area contributed by atoms with Gasteiger partial charge in [-0.1, -0.05) is 0 Å². The predicted molar refractivity (Wildman–Crippen MR) is 91.1 cm³/mol. The highest BCUT2D eigenvalue weighted by atomic mass is 16.5. The Labute approximate surface area is 146 Å². The van der Waals surface area contributed by atoms with Gasteiger partial charge in [0.15, 0.2) is 18.2 Å². The molecule has 0 radical (unpaired) electrons. The van der Waals surface area contributed by atoms with E-state index in [1.165, 1.54) is 24.2 Å². The molecule has 6 rings (SSSR count). The first-order valence-corrected chi connectivity index (χ1v) is 9.29. The van der Waals surface area contributed by atoms with Crippen molar-refractivity contribution in [1.82, 2.24) is 10.3 Å². The smallest absolute Gasteiger partial charge is 0.266 e.